The van der Waals surface area contributed by atoms with E-state index in [1.54, 1.807) is 17.8 Å². The Balaban J connectivity index is 2.03. The Morgan fingerprint density at radius 2 is 1.75 bits per heavy atom. The lowest BCUT2D eigenvalue weighted by molar-refractivity contribution is -0.134. The molecule has 4 heteroatoms. The van der Waals surface area contributed by atoms with Gasteiger partial charge in [0.05, 0.1) is 13.2 Å². The van der Waals surface area contributed by atoms with Crippen molar-refractivity contribution in [3.63, 3.8) is 0 Å². The Kier molecular flexibility index (Phi) is 7.59. The SMILES string of the molecule is COC(=O)/C=C\C[C@H](O)CC(Sc1ccccc1)c1ccccc1. The Bertz CT molecular complexity index is 640. The first-order valence-corrected chi connectivity index (χ1v) is 8.76. The molecule has 24 heavy (non-hydrogen) atoms. The van der Waals surface area contributed by atoms with Crippen molar-refractivity contribution in [3.8, 4) is 0 Å². The highest BCUT2D eigenvalue weighted by atomic mass is 32.2. The number of carbonyl (C=O) groups excluding carboxylic acids is 1. The van der Waals surface area contributed by atoms with Gasteiger partial charge in [0, 0.05) is 16.2 Å². The van der Waals surface area contributed by atoms with Gasteiger partial charge in [0.25, 0.3) is 0 Å². The number of hydrogen-bond acceptors (Lipinski definition) is 4. The number of ether oxygens (including phenoxy) is 1. The van der Waals surface area contributed by atoms with E-state index in [2.05, 4.69) is 29.0 Å². The highest BCUT2D eigenvalue weighted by molar-refractivity contribution is 7.99. The van der Waals surface area contributed by atoms with Crippen LogP contribution in [-0.4, -0.2) is 24.3 Å². The maximum Gasteiger partial charge on any atom is 0.330 e. The fourth-order valence-electron chi connectivity index (χ4n) is 2.32. The predicted octanol–water partition coefficient (Wildman–Crippen LogP) is 4.39. The molecule has 2 rings (SSSR count). The number of benzene rings is 2. The number of aliphatic hydroxyl groups is 1. The van der Waals surface area contributed by atoms with E-state index in [0.29, 0.717) is 12.8 Å². The van der Waals surface area contributed by atoms with Gasteiger partial charge >= 0.3 is 5.97 Å². The third kappa shape index (κ3) is 6.22. The number of aliphatic hydroxyl groups excluding tert-OH is 1. The lowest BCUT2D eigenvalue weighted by Crippen LogP contribution is -2.10. The maximum atomic E-state index is 11.1. The lowest BCUT2D eigenvalue weighted by atomic mass is 10.0. The van der Waals surface area contributed by atoms with E-state index < -0.39 is 12.1 Å². The second kappa shape index (κ2) is 9.96. The quantitative estimate of drug-likeness (QED) is 0.439. The van der Waals surface area contributed by atoms with Crippen LogP contribution in [-0.2, 0) is 9.53 Å². The molecule has 0 fully saturated rings. The third-order valence-corrected chi connectivity index (χ3v) is 4.84. The summed E-state index contributed by atoms with van der Waals surface area (Å²) in [4.78, 5) is 12.3. The molecule has 1 unspecified atom stereocenters. The summed E-state index contributed by atoms with van der Waals surface area (Å²) >= 11 is 1.74. The summed E-state index contributed by atoms with van der Waals surface area (Å²) in [5.74, 6) is -0.402. The van der Waals surface area contributed by atoms with Crippen LogP contribution in [0.25, 0.3) is 0 Å². The van der Waals surface area contributed by atoms with Gasteiger partial charge in [-0.25, -0.2) is 4.79 Å². The second-order valence-electron chi connectivity index (χ2n) is 5.38. The highest BCUT2D eigenvalue weighted by Gasteiger charge is 2.17. The first kappa shape index (κ1) is 18.3. The Morgan fingerprint density at radius 1 is 1.12 bits per heavy atom. The second-order valence-corrected chi connectivity index (χ2v) is 6.66. The smallest absolute Gasteiger partial charge is 0.330 e. The Morgan fingerprint density at radius 3 is 2.38 bits per heavy atom. The molecule has 0 heterocycles. The number of rotatable bonds is 8. The summed E-state index contributed by atoms with van der Waals surface area (Å²) in [6.07, 6.45) is 3.52. The molecule has 0 radical (unpaired) electrons. The largest absolute Gasteiger partial charge is 0.466 e. The van der Waals surface area contributed by atoms with Crippen LogP contribution >= 0.6 is 11.8 Å². The van der Waals surface area contributed by atoms with Crippen molar-refractivity contribution in [1.29, 1.82) is 0 Å². The average Bonchev–Trinajstić information content (AvgIpc) is 2.62. The predicted molar refractivity (Wildman–Crippen MR) is 97.9 cm³/mol. The summed E-state index contributed by atoms with van der Waals surface area (Å²) < 4.78 is 4.55. The minimum absolute atomic E-state index is 0.148. The summed E-state index contributed by atoms with van der Waals surface area (Å²) in [7, 11) is 1.34. The topological polar surface area (TPSA) is 46.5 Å². The minimum Gasteiger partial charge on any atom is -0.466 e. The molecule has 0 bridgehead atoms. The van der Waals surface area contributed by atoms with Gasteiger partial charge in [-0.2, -0.15) is 0 Å². The summed E-state index contributed by atoms with van der Waals surface area (Å²) in [6, 6.07) is 20.3. The molecule has 0 spiro atoms. The number of methoxy groups -OCH3 is 1. The minimum atomic E-state index is -0.521. The van der Waals surface area contributed by atoms with E-state index in [1.165, 1.54) is 23.6 Å². The zero-order chi connectivity index (χ0) is 17.2. The van der Waals surface area contributed by atoms with E-state index in [0.717, 1.165) is 0 Å². The molecule has 0 aliphatic carbocycles. The fraction of sp³-hybridized carbons (Fsp3) is 0.250. The van der Waals surface area contributed by atoms with Crippen molar-refractivity contribution in [1.82, 2.24) is 0 Å². The maximum absolute atomic E-state index is 11.1. The summed E-state index contributed by atoms with van der Waals surface area (Å²) in [5, 5.41) is 10.5. The molecule has 0 amide bonds. The number of esters is 1. The molecule has 0 aliphatic heterocycles. The number of carbonyl (C=O) groups is 1. The molecule has 3 nitrogen and oxygen atoms in total. The number of hydrogen-bond donors (Lipinski definition) is 1. The van der Waals surface area contributed by atoms with Gasteiger partial charge in [-0.3, -0.25) is 0 Å². The van der Waals surface area contributed by atoms with Crippen molar-refractivity contribution >= 4 is 17.7 Å². The van der Waals surface area contributed by atoms with Crippen molar-refractivity contribution < 1.29 is 14.6 Å². The van der Waals surface area contributed by atoms with Crippen LogP contribution in [0.3, 0.4) is 0 Å². The molecule has 0 saturated heterocycles. The number of thioether (sulfide) groups is 1. The van der Waals surface area contributed by atoms with E-state index in [9.17, 15) is 9.90 Å². The molecule has 1 N–H and O–H groups in total. The van der Waals surface area contributed by atoms with E-state index >= 15 is 0 Å². The van der Waals surface area contributed by atoms with Crippen LogP contribution in [0.4, 0.5) is 0 Å². The van der Waals surface area contributed by atoms with Crippen molar-refractivity contribution in [2.75, 3.05) is 7.11 Å². The van der Waals surface area contributed by atoms with Crippen molar-refractivity contribution in [3.05, 3.63) is 78.4 Å². The monoisotopic (exact) mass is 342 g/mol. The summed E-state index contributed by atoms with van der Waals surface area (Å²) in [5.41, 5.74) is 1.18. The molecular formula is C20H22O3S. The summed E-state index contributed by atoms with van der Waals surface area (Å²) in [6.45, 7) is 0. The van der Waals surface area contributed by atoms with Crippen molar-refractivity contribution in [2.24, 2.45) is 0 Å². The lowest BCUT2D eigenvalue weighted by Gasteiger charge is -2.20. The van der Waals surface area contributed by atoms with Crippen LogP contribution in [0.2, 0.25) is 0 Å². The molecule has 2 atom stereocenters. The van der Waals surface area contributed by atoms with Crippen LogP contribution in [0.5, 0.6) is 0 Å². The van der Waals surface area contributed by atoms with Crippen molar-refractivity contribution in [2.45, 2.75) is 29.1 Å². The molecule has 2 aromatic carbocycles. The van der Waals surface area contributed by atoms with Crippen LogP contribution in [0, 0.1) is 0 Å². The molecule has 0 aliphatic rings. The van der Waals surface area contributed by atoms with Crippen LogP contribution in [0.1, 0.15) is 23.7 Å². The van der Waals surface area contributed by atoms with Gasteiger partial charge < -0.3 is 9.84 Å². The first-order valence-electron chi connectivity index (χ1n) is 7.88. The normalized spacial score (nSPS) is 13.6. The van der Waals surface area contributed by atoms with Gasteiger partial charge in [-0.05, 0) is 30.5 Å². The fourth-order valence-corrected chi connectivity index (χ4v) is 3.57. The molecule has 126 valence electrons. The Labute approximate surface area is 147 Å². The molecule has 2 aromatic rings. The Hall–Kier alpha value is -2.04. The van der Waals surface area contributed by atoms with Crippen LogP contribution < -0.4 is 0 Å². The third-order valence-electron chi connectivity index (χ3n) is 3.54. The first-order chi connectivity index (χ1) is 11.7. The molecule has 0 saturated carbocycles. The van der Waals surface area contributed by atoms with Gasteiger partial charge in [0.2, 0.25) is 0 Å². The van der Waals surface area contributed by atoms with E-state index in [4.69, 9.17) is 0 Å². The van der Waals surface area contributed by atoms with Gasteiger partial charge in [-0.1, -0.05) is 54.6 Å². The van der Waals surface area contributed by atoms with E-state index in [-0.39, 0.29) is 5.25 Å². The zero-order valence-electron chi connectivity index (χ0n) is 13.7. The average molecular weight is 342 g/mol. The van der Waals surface area contributed by atoms with Gasteiger partial charge in [0.1, 0.15) is 0 Å². The van der Waals surface area contributed by atoms with Crippen LogP contribution in [0.15, 0.2) is 77.7 Å². The standard InChI is InChI=1S/C20H22O3S/c1-23-20(22)14-8-11-17(21)15-19(16-9-4-2-5-10-16)24-18-12-6-3-7-13-18/h2-10,12-14,17,19,21H,11,15H2,1H3/b14-8-/t17-,19?/m0/s1. The zero-order valence-corrected chi connectivity index (χ0v) is 14.5. The molecular weight excluding hydrogens is 320 g/mol. The highest BCUT2D eigenvalue weighted by Crippen LogP contribution is 2.38. The van der Waals surface area contributed by atoms with Gasteiger partial charge in [-0.15, -0.1) is 11.8 Å². The van der Waals surface area contributed by atoms with E-state index in [1.807, 2.05) is 36.4 Å². The molecule has 0 aromatic heterocycles. The van der Waals surface area contributed by atoms with Gasteiger partial charge in [0.15, 0.2) is 0 Å².